The molecule has 1 amide bonds. The van der Waals surface area contributed by atoms with Gasteiger partial charge in [-0.15, -0.1) is 22.9 Å². The maximum Gasteiger partial charge on any atom is 0.221 e. The second-order valence-corrected chi connectivity index (χ2v) is 5.10. The normalized spacial score (nSPS) is 12.8. The molecule has 1 rings (SSSR count). The van der Waals surface area contributed by atoms with Crippen molar-refractivity contribution in [1.82, 2.24) is 10.2 Å². The maximum atomic E-state index is 11.3. The summed E-state index contributed by atoms with van der Waals surface area (Å²) in [4.78, 5) is 14.7. The maximum absolute atomic E-state index is 11.3. The number of likely N-dealkylation sites (N-methyl/N-ethyl adjacent to an activating group) is 1. The quantitative estimate of drug-likeness (QED) is 0.795. The second kappa shape index (κ2) is 6.89. The number of carbonyl (C=O) groups excluding carboxylic acids is 1. The molecule has 0 aliphatic heterocycles. The highest BCUT2D eigenvalue weighted by Gasteiger charge is 2.15. The summed E-state index contributed by atoms with van der Waals surface area (Å²) in [5.74, 6) is 0.385. The third-order valence-corrected chi connectivity index (χ3v) is 3.47. The molecule has 0 saturated carbocycles. The van der Waals surface area contributed by atoms with Crippen molar-refractivity contribution >= 4 is 28.8 Å². The molecule has 1 heterocycles. The Bertz CT molecular complexity index is 314. The monoisotopic (exact) mass is 260 g/mol. The van der Waals surface area contributed by atoms with Gasteiger partial charge in [-0.05, 0) is 25.5 Å². The summed E-state index contributed by atoms with van der Waals surface area (Å²) in [6.07, 6.45) is 0.381. The predicted molar refractivity (Wildman–Crippen MR) is 69.1 cm³/mol. The third-order valence-electron chi connectivity index (χ3n) is 2.31. The van der Waals surface area contributed by atoms with E-state index in [1.54, 1.807) is 11.3 Å². The van der Waals surface area contributed by atoms with Gasteiger partial charge in [-0.2, -0.15) is 0 Å². The van der Waals surface area contributed by atoms with Gasteiger partial charge in [-0.3, -0.25) is 4.79 Å². The molecular weight excluding hydrogens is 244 g/mol. The van der Waals surface area contributed by atoms with Crippen LogP contribution in [0.25, 0.3) is 0 Å². The van der Waals surface area contributed by atoms with Gasteiger partial charge in [0.05, 0.1) is 6.04 Å². The molecular formula is C11H17ClN2OS. The van der Waals surface area contributed by atoms with Crippen molar-refractivity contribution < 1.29 is 4.79 Å². The van der Waals surface area contributed by atoms with E-state index >= 15 is 0 Å². The average molecular weight is 261 g/mol. The molecule has 1 aromatic rings. The first-order valence-electron chi connectivity index (χ1n) is 5.17. The Kier molecular flexibility index (Phi) is 5.80. The molecule has 0 spiro atoms. The summed E-state index contributed by atoms with van der Waals surface area (Å²) in [5.41, 5.74) is 0. The smallest absolute Gasteiger partial charge is 0.221 e. The van der Waals surface area contributed by atoms with Crippen molar-refractivity contribution in [2.75, 3.05) is 26.5 Å². The Labute approximate surface area is 105 Å². The van der Waals surface area contributed by atoms with Crippen molar-refractivity contribution in [1.29, 1.82) is 0 Å². The molecule has 1 aromatic heterocycles. The molecule has 16 heavy (non-hydrogen) atoms. The summed E-state index contributed by atoms with van der Waals surface area (Å²) in [7, 11) is 4.02. The average Bonchev–Trinajstić information content (AvgIpc) is 2.71. The van der Waals surface area contributed by atoms with Gasteiger partial charge < -0.3 is 10.2 Å². The fourth-order valence-corrected chi connectivity index (χ4v) is 2.50. The van der Waals surface area contributed by atoms with E-state index in [1.807, 2.05) is 25.5 Å². The summed E-state index contributed by atoms with van der Waals surface area (Å²) < 4.78 is 0. The zero-order valence-corrected chi connectivity index (χ0v) is 11.1. The van der Waals surface area contributed by atoms with E-state index in [4.69, 9.17) is 11.6 Å². The summed E-state index contributed by atoms with van der Waals surface area (Å²) in [6, 6.07) is 4.35. The first-order valence-corrected chi connectivity index (χ1v) is 6.59. The Morgan fingerprint density at radius 3 is 2.88 bits per heavy atom. The largest absolute Gasteiger partial charge is 0.354 e. The number of carbonyl (C=O) groups is 1. The molecule has 5 heteroatoms. The van der Waals surface area contributed by atoms with Gasteiger partial charge in [0.15, 0.2) is 0 Å². The Morgan fingerprint density at radius 2 is 2.38 bits per heavy atom. The van der Waals surface area contributed by atoms with E-state index in [1.165, 1.54) is 4.88 Å². The van der Waals surface area contributed by atoms with Gasteiger partial charge in [0.25, 0.3) is 0 Å². The molecule has 0 radical (unpaired) electrons. The molecule has 0 aliphatic carbocycles. The number of nitrogens with zero attached hydrogens (tertiary/aromatic N) is 1. The van der Waals surface area contributed by atoms with Gasteiger partial charge in [-0.1, -0.05) is 6.07 Å². The highest BCUT2D eigenvalue weighted by atomic mass is 35.5. The van der Waals surface area contributed by atoms with Crippen LogP contribution in [0.5, 0.6) is 0 Å². The first-order chi connectivity index (χ1) is 7.65. The Balaban J connectivity index is 2.50. The SMILES string of the molecule is CN(C)C(CNC(=O)CCCl)c1cccs1. The number of rotatable bonds is 6. The van der Waals surface area contributed by atoms with Crippen LogP contribution < -0.4 is 5.32 Å². The highest BCUT2D eigenvalue weighted by molar-refractivity contribution is 7.10. The molecule has 0 aliphatic rings. The molecule has 1 unspecified atom stereocenters. The lowest BCUT2D eigenvalue weighted by Crippen LogP contribution is -2.34. The van der Waals surface area contributed by atoms with Crippen molar-refractivity contribution in [3.05, 3.63) is 22.4 Å². The minimum atomic E-state index is 0.0124. The van der Waals surface area contributed by atoms with Crippen molar-refractivity contribution in [2.24, 2.45) is 0 Å². The van der Waals surface area contributed by atoms with Crippen molar-refractivity contribution in [3.63, 3.8) is 0 Å². The standard InChI is InChI=1S/C11H17ClN2OS/c1-14(2)9(10-4-3-7-16-10)8-13-11(15)5-6-12/h3-4,7,9H,5-6,8H2,1-2H3,(H,13,15). The van der Waals surface area contributed by atoms with Crippen molar-refractivity contribution in [3.8, 4) is 0 Å². The van der Waals surface area contributed by atoms with Gasteiger partial charge >= 0.3 is 0 Å². The first kappa shape index (κ1) is 13.5. The number of amides is 1. The number of thiophene rings is 1. The van der Waals surface area contributed by atoms with Crippen LogP contribution in [0.15, 0.2) is 17.5 Å². The van der Waals surface area contributed by atoms with Crippen LogP contribution >= 0.6 is 22.9 Å². The van der Waals surface area contributed by atoms with E-state index in [2.05, 4.69) is 16.3 Å². The molecule has 1 atom stereocenters. The van der Waals surface area contributed by atoms with Gasteiger partial charge in [0.1, 0.15) is 0 Å². The minimum Gasteiger partial charge on any atom is -0.354 e. The molecule has 0 aromatic carbocycles. The number of alkyl halides is 1. The molecule has 0 bridgehead atoms. The number of hydrogen-bond donors (Lipinski definition) is 1. The minimum absolute atomic E-state index is 0.0124. The van der Waals surface area contributed by atoms with Crippen LogP contribution in [0.3, 0.4) is 0 Å². The van der Waals surface area contributed by atoms with E-state index in [-0.39, 0.29) is 11.9 Å². The Morgan fingerprint density at radius 1 is 1.62 bits per heavy atom. The predicted octanol–water partition coefficient (Wildman–Crippen LogP) is 2.10. The van der Waals surface area contributed by atoms with Crippen LogP contribution in [-0.2, 0) is 4.79 Å². The van der Waals surface area contributed by atoms with Crippen LogP contribution in [0.1, 0.15) is 17.3 Å². The van der Waals surface area contributed by atoms with Crippen LogP contribution in [0.4, 0.5) is 0 Å². The van der Waals surface area contributed by atoms with Gasteiger partial charge in [0, 0.05) is 23.7 Å². The van der Waals surface area contributed by atoms with Crippen molar-refractivity contribution in [2.45, 2.75) is 12.5 Å². The summed E-state index contributed by atoms with van der Waals surface area (Å²) in [6.45, 7) is 0.628. The zero-order valence-electron chi connectivity index (χ0n) is 9.57. The highest BCUT2D eigenvalue weighted by Crippen LogP contribution is 2.22. The van der Waals surface area contributed by atoms with E-state index in [0.29, 0.717) is 18.8 Å². The topological polar surface area (TPSA) is 32.3 Å². The Hall–Kier alpha value is -0.580. The second-order valence-electron chi connectivity index (χ2n) is 3.74. The van der Waals surface area contributed by atoms with Crippen LogP contribution in [0.2, 0.25) is 0 Å². The van der Waals surface area contributed by atoms with E-state index < -0.39 is 0 Å². The molecule has 3 nitrogen and oxygen atoms in total. The van der Waals surface area contributed by atoms with Crippen LogP contribution in [-0.4, -0.2) is 37.3 Å². The summed E-state index contributed by atoms with van der Waals surface area (Å²) >= 11 is 7.21. The van der Waals surface area contributed by atoms with Gasteiger partial charge in [-0.25, -0.2) is 0 Å². The fourth-order valence-electron chi connectivity index (χ4n) is 1.40. The number of halogens is 1. The lowest BCUT2D eigenvalue weighted by atomic mass is 10.2. The zero-order chi connectivity index (χ0) is 12.0. The van der Waals surface area contributed by atoms with Gasteiger partial charge in [0.2, 0.25) is 5.91 Å². The lowest BCUT2D eigenvalue weighted by molar-refractivity contribution is -0.120. The molecule has 1 N–H and O–H groups in total. The van der Waals surface area contributed by atoms with Crippen LogP contribution in [0, 0.1) is 0 Å². The number of hydrogen-bond acceptors (Lipinski definition) is 3. The summed E-state index contributed by atoms with van der Waals surface area (Å²) in [5, 5.41) is 4.94. The lowest BCUT2D eigenvalue weighted by Gasteiger charge is -2.23. The fraction of sp³-hybridized carbons (Fsp3) is 0.545. The molecule has 0 fully saturated rings. The number of nitrogens with one attached hydrogen (secondary N) is 1. The molecule has 0 saturated heterocycles. The van der Waals surface area contributed by atoms with E-state index in [0.717, 1.165) is 0 Å². The third kappa shape index (κ3) is 4.12. The molecule has 90 valence electrons. The van der Waals surface area contributed by atoms with E-state index in [9.17, 15) is 4.79 Å².